The molecule has 0 aromatic heterocycles. The molecule has 2 rings (SSSR count). The van der Waals surface area contributed by atoms with Gasteiger partial charge in [0.05, 0.1) is 0 Å². The molecule has 0 fully saturated rings. The second-order valence-electron chi connectivity index (χ2n) is 3.02. The van der Waals surface area contributed by atoms with E-state index in [9.17, 15) is 0 Å². The SMILES string of the molecule is NP(O)c1ccccc1.Oc1ccccc1. The maximum atomic E-state index is 8.87. The normalized spacial score (nSPS) is 11.1. The van der Waals surface area contributed by atoms with E-state index in [-0.39, 0.29) is 0 Å². The van der Waals surface area contributed by atoms with Crippen LogP contribution < -0.4 is 10.8 Å². The Morgan fingerprint density at radius 2 is 1.25 bits per heavy atom. The highest BCUT2D eigenvalue weighted by molar-refractivity contribution is 7.57. The fourth-order valence-electron chi connectivity index (χ4n) is 1.01. The van der Waals surface area contributed by atoms with Crippen LogP contribution in [-0.4, -0.2) is 10.00 Å². The molecule has 1 unspecified atom stereocenters. The topological polar surface area (TPSA) is 66.5 Å². The van der Waals surface area contributed by atoms with E-state index in [0.29, 0.717) is 5.75 Å². The first kappa shape index (κ1) is 12.7. The van der Waals surface area contributed by atoms with Gasteiger partial charge in [-0.25, -0.2) is 0 Å². The number of hydrogen-bond acceptors (Lipinski definition) is 3. The van der Waals surface area contributed by atoms with Gasteiger partial charge < -0.3 is 10.00 Å². The molecular weight excluding hydrogens is 221 g/mol. The van der Waals surface area contributed by atoms with E-state index in [1.54, 1.807) is 24.3 Å². The number of phenolic OH excluding ortho intramolecular Hbond substituents is 1. The summed E-state index contributed by atoms with van der Waals surface area (Å²) in [6.07, 6.45) is 0. The van der Waals surface area contributed by atoms with Gasteiger partial charge >= 0.3 is 0 Å². The van der Waals surface area contributed by atoms with Gasteiger partial charge in [-0.15, -0.1) is 0 Å². The van der Waals surface area contributed by atoms with E-state index in [0.717, 1.165) is 5.30 Å². The lowest BCUT2D eigenvalue weighted by molar-refractivity contribution is 0.475. The summed E-state index contributed by atoms with van der Waals surface area (Å²) in [5.41, 5.74) is 5.23. The lowest BCUT2D eigenvalue weighted by Gasteiger charge is -2.00. The number of aromatic hydroxyl groups is 1. The van der Waals surface area contributed by atoms with Crippen LogP contribution in [0.2, 0.25) is 0 Å². The summed E-state index contributed by atoms with van der Waals surface area (Å²) in [7, 11) is -1.40. The zero-order valence-corrected chi connectivity index (χ0v) is 9.59. The summed E-state index contributed by atoms with van der Waals surface area (Å²) in [6.45, 7) is 0. The van der Waals surface area contributed by atoms with Crippen molar-refractivity contribution in [1.29, 1.82) is 0 Å². The molecular formula is C12H14NO2P. The molecule has 0 radical (unpaired) electrons. The third-order valence-corrected chi connectivity index (χ3v) is 2.60. The Hall–Kier alpha value is -1.41. The van der Waals surface area contributed by atoms with Gasteiger partial charge in [0.1, 0.15) is 14.0 Å². The smallest absolute Gasteiger partial charge is 0.129 e. The molecule has 4 heteroatoms. The summed E-state index contributed by atoms with van der Waals surface area (Å²) in [4.78, 5) is 8.87. The van der Waals surface area contributed by atoms with Crippen molar-refractivity contribution in [1.82, 2.24) is 0 Å². The highest BCUT2D eigenvalue weighted by Crippen LogP contribution is 2.15. The molecule has 0 aliphatic heterocycles. The molecule has 0 aliphatic rings. The summed E-state index contributed by atoms with van der Waals surface area (Å²) in [5.74, 6) is 0.322. The highest BCUT2D eigenvalue weighted by Gasteiger charge is 1.96. The monoisotopic (exact) mass is 235 g/mol. The van der Waals surface area contributed by atoms with Crippen LogP contribution in [0.15, 0.2) is 60.7 Å². The molecule has 0 bridgehead atoms. The molecule has 0 heterocycles. The third-order valence-electron chi connectivity index (χ3n) is 1.78. The van der Waals surface area contributed by atoms with Crippen LogP contribution in [0.4, 0.5) is 0 Å². The molecule has 1 atom stereocenters. The van der Waals surface area contributed by atoms with Crippen LogP contribution >= 0.6 is 8.30 Å². The lowest BCUT2D eigenvalue weighted by Crippen LogP contribution is -2.04. The first-order valence-corrected chi connectivity index (χ1v) is 6.09. The molecule has 16 heavy (non-hydrogen) atoms. The predicted molar refractivity (Wildman–Crippen MR) is 67.5 cm³/mol. The third kappa shape index (κ3) is 4.89. The Morgan fingerprint density at radius 1 is 0.812 bits per heavy atom. The second-order valence-corrected chi connectivity index (χ2v) is 4.22. The molecule has 2 aromatic carbocycles. The minimum atomic E-state index is -1.40. The second kappa shape index (κ2) is 6.96. The molecule has 0 saturated carbocycles. The molecule has 0 saturated heterocycles. The standard InChI is InChI=1S/C6H8NOP.C6H6O/c7-9(8)6-4-2-1-3-5-6;7-6-4-2-1-3-5-6/h1-5,8H,7H2;1-5,7H. The van der Waals surface area contributed by atoms with E-state index in [1.165, 1.54) is 0 Å². The number of nitrogens with two attached hydrogens (primary N) is 1. The van der Waals surface area contributed by atoms with Crippen LogP contribution in [0.3, 0.4) is 0 Å². The summed E-state index contributed by atoms with van der Waals surface area (Å²) < 4.78 is 0. The van der Waals surface area contributed by atoms with Gasteiger partial charge in [0, 0.05) is 5.30 Å². The molecule has 3 nitrogen and oxygen atoms in total. The van der Waals surface area contributed by atoms with Crippen molar-refractivity contribution >= 4 is 13.6 Å². The van der Waals surface area contributed by atoms with Crippen LogP contribution in [-0.2, 0) is 0 Å². The lowest BCUT2D eigenvalue weighted by atomic mass is 10.3. The molecule has 0 spiro atoms. The van der Waals surface area contributed by atoms with Crippen molar-refractivity contribution < 1.29 is 10.00 Å². The Labute approximate surface area is 96.1 Å². The maximum absolute atomic E-state index is 8.87. The van der Waals surface area contributed by atoms with Crippen molar-refractivity contribution in [2.45, 2.75) is 0 Å². The van der Waals surface area contributed by atoms with Crippen LogP contribution in [0, 0.1) is 0 Å². The largest absolute Gasteiger partial charge is 0.508 e. The molecule has 2 aromatic rings. The first-order valence-electron chi connectivity index (χ1n) is 4.73. The zero-order chi connectivity index (χ0) is 11.8. The summed E-state index contributed by atoms with van der Waals surface area (Å²) in [5, 5.41) is 9.44. The molecule has 84 valence electrons. The van der Waals surface area contributed by atoms with E-state index in [2.05, 4.69) is 0 Å². The van der Waals surface area contributed by atoms with Gasteiger partial charge in [-0.1, -0.05) is 48.5 Å². The van der Waals surface area contributed by atoms with Gasteiger partial charge in [0.2, 0.25) is 0 Å². The number of benzene rings is 2. The van der Waals surface area contributed by atoms with Gasteiger partial charge in [0.25, 0.3) is 0 Å². The average molecular weight is 235 g/mol. The van der Waals surface area contributed by atoms with Gasteiger partial charge in [-0.3, -0.25) is 5.50 Å². The van der Waals surface area contributed by atoms with Crippen LogP contribution in [0.1, 0.15) is 0 Å². The van der Waals surface area contributed by atoms with E-state index >= 15 is 0 Å². The summed E-state index contributed by atoms with van der Waals surface area (Å²) >= 11 is 0. The molecule has 0 aliphatic carbocycles. The van der Waals surface area contributed by atoms with Crippen LogP contribution in [0.5, 0.6) is 5.75 Å². The quantitative estimate of drug-likeness (QED) is 0.662. The van der Waals surface area contributed by atoms with Crippen molar-refractivity contribution in [3.05, 3.63) is 60.7 Å². The highest BCUT2D eigenvalue weighted by atomic mass is 31.2. The molecule has 4 N–H and O–H groups in total. The van der Waals surface area contributed by atoms with Crippen molar-refractivity contribution in [2.75, 3.05) is 0 Å². The van der Waals surface area contributed by atoms with Crippen LogP contribution in [0.25, 0.3) is 0 Å². The van der Waals surface area contributed by atoms with Gasteiger partial charge in [0.15, 0.2) is 0 Å². The number of rotatable bonds is 1. The van der Waals surface area contributed by atoms with E-state index < -0.39 is 8.30 Å². The predicted octanol–water partition coefficient (Wildman–Crippen LogP) is 1.97. The number of phenols is 1. The van der Waals surface area contributed by atoms with E-state index in [1.807, 2.05) is 36.4 Å². The van der Waals surface area contributed by atoms with Crippen molar-refractivity contribution in [2.24, 2.45) is 5.50 Å². The Kier molecular flexibility index (Phi) is 5.51. The van der Waals surface area contributed by atoms with E-state index in [4.69, 9.17) is 15.5 Å². The fraction of sp³-hybridized carbons (Fsp3) is 0. The average Bonchev–Trinajstić information content (AvgIpc) is 2.32. The van der Waals surface area contributed by atoms with Crippen molar-refractivity contribution in [3.8, 4) is 5.75 Å². The zero-order valence-electron chi connectivity index (χ0n) is 8.69. The minimum Gasteiger partial charge on any atom is -0.508 e. The Morgan fingerprint density at radius 3 is 1.50 bits per heavy atom. The number of hydrogen-bond donors (Lipinski definition) is 3. The van der Waals surface area contributed by atoms with Gasteiger partial charge in [-0.2, -0.15) is 0 Å². The Balaban J connectivity index is 0.000000165. The molecule has 0 amide bonds. The van der Waals surface area contributed by atoms with Crippen molar-refractivity contribution in [3.63, 3.8) is 0 Å². The van der Waals surface area contributed by atoms with Gasteiger partial charge in [-0.05, 0) is 12.1 Å². The maximum Gasteiger partial charge on any atom is 0.129 e. The first-order chi connectivity index (χ1) is 7.70. The minimum absolute atomic E-state index is 0.322. The fourth-order valence-corrected chi connectivity index (χ4v) is 1.49. The Bertz CT molecular complexity index is 392. The number of para-hydroxylation sites is 1. The summed E-state index contributed by atoms with van der Waals surface area (Å²) in [6, 6.07) is 17.9.